The number of benzene rings is 1. The maximum Gasteiger partial charge on any atom is 0.242 e. The van der Waals surface area contributed by atoms with E-state index >= 15 is 0 Å². The van der Waals surface area contributed by atoms with E-state index in [-0.39, 0.29) is 24.9 Å². The van der Waals surface area contributed by atoms with E-state index < -0.39 is 0 Å². The summed E-state index contributed by atoms with van der Waals surface area (Å²) >= 11 is 0. The molecule has 2 amide bonds. The molecule has 1 fully saturated rings. The lowest BCUT2D eigenvalue weighted by Gasteiger charge is -2.26. The van der Waals surface area contributed by atoms with Crippen molar-refractivity contribution >= 4 is 11.8 Å². The molecule has 1 aliphatic rings. The van der Waals surface area contributed by atoms with Crippen LogP contribution < -0.4 is 5.32 Å². The highest BCUT2D eigenvalue weighted by Gasteiger charge is 2.23. The minimum absolute atomic E-state index is 0.0675. The van der Waals surface area contributed by atoms with Crippen molar-refractivity contribution in [3.05, 3.63) is 54.1 Å². The first kappa shape index (κ1) is 13.4. The van der Waals surface area contributed by atoms with Gasteiger partial charge in [-0.15, -0.1) is 0 Å². The second-order valence-electron chi connectivity index (χ2n) is 5.03. The molecule has 1 N–H and O–H groups in total. The fourth-order valence-electron chi connectivity index (χ4n) is 2.35. The van der Waals surface area contributed by atoms with Crippen molar-refractivity contribution in [2.45, 2.75) is 13.1 Å². The lowest BCUT2D eigenvalue weighted by Crippen LogP contribution is -2.51. The van der Waals surface area contributed by atoms with E-state index in [1.54, 1.807) is 17.4 Å². The van der Waals surface area contributed by atoms with E-state index in [0.717, 1.165) is 5.69 Å². The molecule has 2 heterocycles. The topological polar surface area (TPSA) is 67.2 Å². The standard InChI is InChI=1S/C15H16N4O2/c20-14-10-18(15(21)7-17-14)9-13-6-16-11-19(13)8-12-4-2-1-3-5-12/h1-6,11H,7-10H2,(H,17,20). The molecule has 1 aromatic carbocycles. The van der Waals surface area contributed by atoms with Crippen molar-refractivity contribution in [2.24, 2.45) is 0 Å². The summed E-state index contributed by atoms with van der Waals surface area (Å²) in [6, 6.07) is 10.0. The minimum atomic E-state index is -0.122. The molecule has 0 bridgehead atoms. The number of carbonyl (C=O) groups excluding carboxylic acids is 2. The Morgan fingerprint density at radius 2 is 1.95 bits per heavy atom. The third kappa shape index (κ3) is 3.10. The lowest BCUT2D eigenvalue weighted by atomic mass is 10.2. The molecule has 21 heavy (non-hydrogen) atoms. The van der Waals surface area contributed by atoms with Crippen molar-refractivity contribution in [1.29, 1.82) is 0 Å². The van der Waals surface area contributed by atoms with Crippen LogP contribution in [0.4, 0.5) is 0 Å². The van der Waals surface area contributed by atoms with Gasteiger partial charge in [-0.05, 0) is 5.56 Å². The molecular weight excluding hydrogens is 268 g/mol. The molecule has 0 radical (unpaired) electrons. The maximum atomic E-state index is 11.8. The fourth-order valence-corrected chi connectivity index (χ4v) is 2.35. The molecule has 0 aliphatic carbocycles. The first-order chi connectivity index (χ1) is 10.2. The number of nitrogens with one attached hydrogen (secondary N) is 1. The van der Waals surface area contributed by atoms with Crippen LogP contribution in [0.15, 0.2) is 42.9 Å². The first-order valence-corrected chi connectivity index (χ1v) is 6.80. The van der Waals surface area contributed by atoms with E-state index in [1.165, 1.54) is 5.56 Å². The molecule has 3 rings (SSSR count). The third-order valence-corrected chi connectivity index (χ3v) is 3.47. The molecule has 1 aliphatic heterocycles. The van der Waals surface area contributed by atoms with E-state index in [2.05, 4.69) is 10.3 Å². The Labute approximate surface area is 122 Å². The second kappa shape index (κ2) is 5.78. The molecule has 6 nitrogen and oxygen atoms in total. The first-order valence-electron chi connectivity index (χ1n) is 6.80. The summed E-state index contributed by atoms with van der Waals surface area (Å²) < 4.78 is 2.00. The van der Waals surface area contributed by atoms with Crippen LogP contribution in [0.1, 0.15) is 11.3 Å². The van der Waals surface area contributed by atoms with Gasteiger partial charge in [0.15, 0.2) is 0 Å². The lowest BCUT2D eigenvalue weighted by molar-refractivity contribution is -0.141. The van der Waals surface area contributed by atoms with Crippen LogP contribution in [-0.2, 0) is 22.7 Å². The molecule has 2 aromatic rings. The highest BCUT2D eigenvalue weighted by atomic mass is 16.2. The zero-order valence-electron chi connectivity index (χ0n) is 11.5. The number of amides is 2. The van der Waals surface area contributed by atoms with Gasteiger partial charge in [-0.3, -0.25) is 9.59 Å². The van der Waals surface area contributed by atoms with Gasteiger partial charge in [-0.2, -0.15) is 0 Å². The molecule has 0 saturated carbocycles. The van der Waals surface area contributed by atoms with E-state index in [4.69, 9.17) is 0 Å². The molecular formula is C15H16N4O2. The van der Waals surface area contributed by atoms with Crippen molar-refractivity contribution in [1.82, 2.24) is 19.8 Å². The number of nitrogens with zero attached hydrogens (tertiary/aromatic N) is 3. The number of hydrogen-bond acceptors (Lipinski definition) is 3. The predicted octanol–water partition coefficient (Wildman–Crippen LogP) is 0.390. The normalized spacial score (nSPS) is 15.1. The van der Waals surface area contributed by atoms with Crippen molar-refractivity contribution in [3.63, 3.8) is 0 Å². The van der Waals surface area contributed by atoms with Gasteiger partial charge in [0.05, 0.1) is 31.7 Å². The highest BCUT2D eigenvalue weighted by Crippen LogP contribution is 2.10. The van der Waals surface area contributed by atoms with Gasteiger partial charge >= 0.3 is 0 Å². The van der Waals surface area contributed by atoms with Gasteiger partial charge < -0.3 is 14.8 Å². The summed E-state index contributed by atoms with van der Waals surface area (Å²) in [5, 5.41) is 2.54. The molecule has 1 aromatic heterocycles. The summed E-state index contributed by atoms with van der Waals surface area (Å²) in [5.74, 6) is -0.189. The number of imidazole rings is 1. The Hall–Kier alpha value is -2.63. The molecule has 0 atom stereocenters. The van der Waals surface area contributed by atoms with Crippen LogP contribution >= 0.6 is 0 Å². The van der Waals surface area contributed by atoms with Gasteiger partial charge in [0.25, 0.3) is 0 Å². The Kier molecular flexibility index (Phi) is 3.68. The molecule has 6 heteroatoms. The van der Waals surface area contributed by atoms with E-state index in [0.29, 0.717) is 13.1 Å². The van der Waals surface area contributed by atoms with E-state index in [1.807, 2.05) is 34.9 Å². The summed E-state index contributed by atoms with van der Waals surface area (Å²) in [4.78, 5) is 28.9. The van der Waals surface area contributed by atoms with Crippen LogP contribution in [0.3, 0.4) is 0 Å². The summed E-state index contributed by atoms with van der Waals surface area (Å²) in [7, 11) is 0. The second-order valence-corrected chi connectivity index (χ2v) is 5.03. The third-order valence-electron chi connectivity index (χ3n) is 3.47. The Bertz CT molecular complexity index is 651. The van der Waals surface area contributed by atoms with Crippen LogP contribution in [0.25, 0.3) is 0 Å². The van der Waals surface area contributed by atoms with Gasteiger partial charge in [0.2, 0.25) is 11.8 Å². The van der Waals surface area contributed by atoms with Crippen LogP contribution in [0, 0.1) is 0 Å². The molecule has 0 spiro atoms. The molecule has 108 valence electrons. The minimum Gasteiger partial charge on any atom is -0.345 e. The van der Waals surface area contributed by atoms with Gasteiger partial charge in [-0.1, -0.05) is 30.3 Å². The number of piperazine rings is 1. The number of carbonyl (C=O) groups is 2. The summed E-state index contributed by atoms with van der Waals surface area (Å²) in [5.41, 5.74) is 2.08. The van der Waals surface area contributed by atoms with Crippen LogP contribution in [0.5, 0.6) is 0 Å². The van der Waals surface area contributed by atoms with E-state index in [9.17, 15) is 9.59 Å². The zero-order chi connectivity index (χ0) is 14.7. The average Bonchev–Trinajstić information content (AvgIpc) is 2.91. The number of aromatic nitrogens is 2. The van der Waals surface area contributed by atoms with Crippen LogP contribution in [0.2, 0.25) is 0 Å². The quantitative estimate of drug-likeness (QED) is 0.883. The monoisotopic (exact) mass is 284 g/mol. The van der Waals surface area contributed by atoms with Gasteiger partial charge in [-0.25, -0.2) is 4.98 Å². The Morgan fingerprint density at radius 1 is 1.14 bits per heavy atom. The largest absolute Gasteiger partial charge is 0.345 e. The molecule has 1 saturated heterocycles. The van der Waals surface area contributed by atoms with Gasteiger partial charge in [0.1, 0.15) is 0 Å². The number of hydrogen-bond donors (Lipinski definition) is 1. The van der Waals surface area contributed by atoms with Crippen molar-refractivity contribution in [2.75, 3.05) is 13.1 Å². The smallest absolute Gasteiger partial charge is 0.242 e. The van der Waals surface area contributed by atoms with Crippen molar-refractivity contribution < 1.29 is 9.59 Å². The fraction of sp³-hybridized carbons (Fsp3) is 0.267. The number of rotatable bonds is 4. The maximum absolute atomic E-state index is 11.8. The Morgan fingerprint density at radius 3 is 2.76 bits per heavy atom. The van der Waals surface area contributed by atoms with Gasteiger partial charge in [0, 0.05) is 12.7 Å². The van der Waals surface area contributed by atoms with Crippen molar-refractivity contribution in [3.8, 4) is 0 Å². The van der Waals surface area contributed by atoms with Crippen LogP contribution in [-0.4, -0.2) is 39.4 Å². The Balaban J connectivity index is 1.73. The summed E-state index contributed by atoms with van der Waals surface area (Å²) in [6.07, 6.45) is 3.49. The SMILES string of the molecule is O=C1CN(Cc2cncn2Cc2ccccc2)C(=O)CN1. The average molecular weight is 284 g/mol. The summed E-state index contributed by atoms with van der Waals surface area (Å²) in [6.45, 7) is 1.28. The molecule has 0 unspecified atom stereocenters. The highest BCUT2D eigenvalue weighted by molar-refractivity contribution is 5.92. The predicted molar refractivity (Wildman–Crippen MR) is 76.2 cm³/mol. The zero-order valence-corrected chi connectivity index (χ0v) is 11.5.